The van der Waals surface area contributed by atoms with E-state index in [1.807, 2.05) is 11.3 Å². The molecular weight excluding hydrogens is 844 g/mol. The molecule has 0 amide bonds. The summed E-state index contributed by atoms with van der Waals surface area (Å²) in [5.41, 5.74) is 16.3. The first kappa shape index (κ1) is 43.3. The highest BCUT2D eigenvalue weighted by atomic mass is 32.1. The second-order valence-corrected chi connectivity index (χ2v) is 25.4. The van der Waals surface area contributed by atoms with Gasteiger partial charge in [-0.25, -0.2) is 0 Å². The average molecular weight is 909 g/mol. The van der Waals surface area contributed by atoms with Crippen molar-refractivity contribution in [1.29, 1.82) is 0 Å². The van der Waals surface area contributed by atoms with Crippen LogP contribution in [0.5, 0.6) is 0 Å². The summed E-state index contributed by atoms with van der Waals surface area (Å²) < 4.78 is 21.4. The van der Waals surface area contributed by atoms with E-state index in [-0.39, 0.29) is 5.66 Å². The van der Waals surface area contributed by atoms with E-state index in [4.69, 9.17) is 0 Å². The zero-order valence-corrected chi connectivity index (χ0v) is 42.2. The van der Waals surface area contributed by atoms with Crippen LogP contribution in [0.15, 0.2) is 91.0 Å². The van der Waals surface area contributed by atoms with Crippen molar-refractivity contribution in [3.05, 3.63) is 136 Å². The highest BCUT2D eigenvalue weighted by Crippen LogP contribution is 2.71. The van der Waals surface area contributed by atoms with Crippen LogP contribution in [0.3, 0.4) is 0 Å². The summed E-state index contributed by atoms with van der Waals surface area (Å²) in [6.45, 7) is 16.7. The van der Waals surface area contributed by atoms with Gasteiger partial charge in [0.1, 0.15) is 7.14 Å². The molecule has 8 aromatic rings. The van der Waals surface area contributed by atoms with E-state index < -0.39 is 7.14 Å². The molecule has 1 fully saturated rings. The molecule has 4 heteroatoms. The largest absolute Gasteiger partial charge is 0.313 e. The lowest BCUT2D eigenvalue weighted by atomic mass is 9.77. The molecule has 65 heavy (non-hydrogen) atoms. The fourth-order valence-electron chi connectivity index (χ4n) is 13.1. The molecule has 1 saturated carbocycles. The molecule has 0 bridgehead atoms. The van der Waals surface area contributed by atoms with Crippen LogP contribution in [0.2, 0.25) is 0 Å². The fraction of sp³-hybridized carbons (Fsp3) is 0.377. The van der Waals surface area contributed by atoms with Crippen LogP contribution < -0.4 is 5.30 Å². The van der Waals surface area contributed by atoms with Crippen LogP contribution in [0.4, 0.5) is 0 Å². The molecule has 332 valence electrons. The van der Waals surface area contributed by atoms with E-state index in [1.54, 1.807) is 33.4 Å². The van der Waals surface area contributed by atoms with Crippen LogP contribution in [-0.2, 0) is 36.7 Å². The summed E-state index contributed by atoms with van der Waals surface area (Å²) in [6, 6.07) is 34.3. The Kier molecular flexibility index (Phi) is 11.4. The van der Waals surface area contributed by atoms with Gasteiger partial charge in [-0.15, -0.1) is 22.7 Å². The Bertz CT molecular complexity index is 3230. The number of fused-ring (bicyclic) bond motifs is 12. The van der Waals surface area contributed by atoms with Crippen LogP contribution in [0.1, 0.15) is 138 Å². The molecular formula is C61H65OPS2. The lowest BCUT2D eigenvalue weighted by Gasteiger charge is -2.42. The zero-order chi connectivity index (χ0) is 44.7. The molecule has 0 unspecified atom stereocenters. The maximum Gasteiger partial charge on any atom is 0.147 e. The van der Waals surface area contributed by atoms with E-state index in [1.165, 1.54) is 74.6 Å². The predicted molar refractivity (Wildman–Crippen MR) is 289 cm³/mol. The number of rotatable bonds is 12. The molecule has 4 atom stereocenters. The third kappa shape index (κ3) is 6.75. The number of hydrogen-bond donors (Lipinski definition) is 0. The minimum absolute atomic E-state index is 0.136. The number of benzene rings is 6. The van der Waals surface area contributed by atoms with Crippen molar-refractivity contribution in [1.82, 2.24) is 0 Å². The second kappa shape index (κ2) is 17.1. The summed E-state index contributed by atoms with van der Waals surface area (Å²) in [6.07, 6.45) is 15.7. The Morgan fingerprint density at radius 1 is 0.631 bits per heavy atom. The Balaban J connectivity index is 1.29. The monoisotopic (exact) mass is 908 g/mol. The first-order valence-electron chi connectivity index (χ1n) is 25.2. The van der Waals surface area contributed by atoms with Crippen molar-refractivity contribution in [2.75, 3.05) is 0 Å². The quantitative estimate of drug-likeness (QED) is 0.112. The molecule has 2 aliphatic carbocycles. The maximum absolute atomic E-state index is 17.2. The molecule has 0 N–H and O–H groups in total. The van der Waals surface area contributed by atoms with Crippen molar-refractivity contribution in [3.63, 3.8) is 0 Å². The minimum Gasteiger partial charge on any atom is -0.313 e. The summed E-state index contributed by atoms with van der Waals surface area (Å²) in [5.74, 6) is 1.48. The van der Waals surface area contributed by atoms with Crippen LogP contribution in [0, 0.1) is 17.8 Å². The van der Waals surface area contributed by atoms with Crippen molar-refractivity contribution in [2.45, 2.75) is 131 Å². The summed E-state index contributed by atoms with van der Waals surface area (Å²) in [4.78, 5) is 1.34. The lowest BCUT2D eigenvalue weighted by Crippen LogP contribution is -2.34. The Morgan fingerprint density at radius 3 is 1.95 bits per heavy atom. The minimum atomic E-state index is -3.09. The SMILES string of the molecule is CCCc1c2c(c3cc4c(cc3c1CCC)C=C(c1ccccc1)[P@@]4(=O)[C@@H]1C[C@H](C)CC[C@H]1C(C)C)-c1c(c(CCC)c(CCC)c3sc4ccc5sc(-c6ccccc6)cc5c4c13)C2. The summed E-state index contributed by atoms with van der Waals surface area (Å²) in [7, 11) is -3.09. The molecule has 11 rings (SSSR count). The van der Waals surface area contributed by atoms with Gasteiger partial charge in [-0.3, -0.25) is 0 Å². The van der Waals surface area contributed by atoms with Crippen LogP contribution in [-0.4, -0.2) is 5.66 Å². The van der Waals surface area contributed by atoms with Gasteiger partial charge < -0.3 is 4.57 Å². The molecule has 0 radical (unpaired) electrons. The van der Waals surface area contributed by atoms with Gasteiger partial charge >= 0.3 is 0 Å². The third-order valence-corrected chi connectivity index (χ3v) is 22.0. The molecule has 0 spiro atoms. The van der Waals surface area contributed by atoms with Gasteiger partial charge in [-0.2, -0.15) is 0 Å². The molecule has 3 heterocycles. The van der Waals surface area contributed by atoms with E-state index in [0.29, 0.717) is 17.8 Å². The number of hydrogen-bond acceptors (Lipinski definition) is 3. The van der Waals surface area contributed by atoms with E-state index in [0.717, 1.165) is 86.8 Å². The highest BCUT2D eigenvalue weighted by Gasteiger charge is 2.49. The predicted octanol–water partition coefficient (Wildman–Crippen LogP) is 18.4. The van der Waals surface area contributed by atoms with Crippen molar-refractivity contribution in [2.24, 2.45) is 17.8 Å². The molecule has 1 nitrogen and oxygen atoms in total. The van der Waals surface area contributed by atoms with Gasteiger partial charge in [0.25, 0.3) is 0 Å². The van der Waals surface area contributed by atoms with E-state index >= 15 is 4.57 Å². The number of aryl methyl sites for hydroxylation is 2. The van der Waals surface area contributed by atoms with Gasteiger partial charge in [0, 0.05) is 51.4 Å². The van der Waals surface area contributed by atoms with Gasteiger partial charge in [0.2, 0.25) is 0 Å². The Morgan fingerprint density at radius 2 is 1.26 bits per heavy atom. The van der Waals surface area contributed by atoms with Crippen LogP contribution >= 0.6 is 29.8 Å². The molecule has 1 aliphatic heterocycles. The second-order valence-electron chi connectivity index (χ2n) is 20.3. The standard InChI is InChI=1S/C61H65OPS2/c1-8-18-42-43(19-9-2)47-33-48-44(20-10-3)45(21-11-4)61-60(58-50-35-56(39-24-16-13-17-25-39)64-54(50)28-29-55(58)65-61)59(48)57(47)49-34-52-40(31-46(42)49)32-51(38-22-14-12-15-23-38)63(52,62)53-30-37(7)26-27-41(53)36(5)6/h12-17,22-25,28-29,31-32,34-37,41,53H,8-11,18-21,26-27,30,33H2,1-7H3/t37-,41+,53-,63+/m1/s1. The molecule has 3 aliphatic rings. The lowest BCUT2D eigenvalue weighted by molar-refractivity contribution is 0.238. The summed E-state index contributed by atoms with van der Waals surface area (Å²) in [5, 5.41) is 9.35. The Labute approximate surface area is 395 Å². The van der Waals surface area contributed by atoms with Crippen LogP contribution in [0.25, 0.3) is 74.0 Å². The fourth-order valence-corrected chi connectivity index (χ4v) is 19.9. The Hall–Kier alpha value is -4.27. The van der Waals surface area contributed by atoms with Gasteiger partial charge in [0.05, 0.1) is 0 Å². The van der Waals surface area contributed by atoms with Gasteiger partial charge in [-0.1, -0.05) is 141 Å². The van der Waals surface area contributed by atoms with E-state index in [9.17, 15) is 0 Å². The summed E-state index contributed by atoms with van der Waals surface area (Å²) >= 11 is 3.99. The smallest absolute Gasteiger partial charge is 0.147 e. The van der Waals surface area contributed by atoms with Gasteiger partial charge in [0.15, 0.2) is 0 Å². The zero-order valence-electron chi connectivity index (χ0n) is 39.7. The highest BCUT2D eigenvalue weighted by molar-refractivity contribution is 7.82. The van der Waals surface area contributed by atoms with Crippen molar-refractivity contribution >= 4 is 87.5 Å². The first-order valence-corrected chi connectivity index (χ1v) is 28.6. The molecule has 0 saturated heterocycles. The molecule has 6 aromatic carbocycles. The topological polar surface area (TPSA) is 17.1 Å². The van der Waals surface area contributed by atoms with Crippen molar-refractivity contribution < 1.29 is 4.57 Å². The maximum atomic E-state index is 17.2. The molecule has 2 aromatic heterocycles. The normalized spacial score (nSPS) is 20.4. The van der Waals surface area contributed by atoms with Crippen molar-refractivity contribution in [3.8, 4) is 21.6 Å². The average Bonchev–Trinajstić information content (AvgIpc) is 4.10. The number of thiophene rings is 2. The third-order valence-electron chi connectivity index (χ3n) is 15.9. The first-order chi connectivity index (χ1) is 31.7. The van der Waals surface area contributed by atoms with Gasteiger partial charge in [-0.05, 0) is 171 Å². The van der Waals surface area contributed by atoms with E-state index in [2.05, 4.69) is 157 Å².